The number of ether oxygens (including phenoxy) is 1. The lowest BCUT2D eigenvalue weighted by molar-refractivity contribution is 0.0938. The van der Waals surface area contributed by atoms with Gasteiger partial charge in [-0.05, 0) is 49.9 Å². The van der Waals surface area contributed by atoms with Gasteiger partial charge < -0.3 is 10.1 Å². The van der Waals surface area contributed by atoms with E-state index >= 15 is 0 Å². The fourth-order valence-electron chi connectivity index (χ4n) is 3.48. The first-order chi connectivity index (χ1) is 11.7. The summed E-state index contributed by atoms with van der Waals surface area (Å²) in [4.78, 5) is 12.6. The van der Waals surface area contributed by atoms with Gasteiger partial charge in [-0.25, -0.2) is 9.07 Å². The second-order valence-electron chi connectivity index (χ2n) is 6.46. The number of nitrogens with zero attached hydrogens (tertiary/aromatic N) is 2. The molecule has 1 fully saturated rings. The summed E-state index contributed by atoms with van der Waals surface area (Å²) in [7, 11) is 0. The Balaban J connectivity index is 1.58. The van der Waals surface area contributed by atoms with Crippen molar-refractivity contribution in [2.45, 2.75) is 25.7 Å². The van der Waals surface area contributed by atoms with Gasteiger partial charge in [-0.1, -0.05) is 0 Å². The van der Waals surface area contributed by atoms with Gasteiger partial charge in [0.05, 0.1) is 12.3 Å². The lowest BCUT2D eigenvalue weighted by atomic mass is 10.1. The van der Waals surface area contributed by atoms with Gasteiger partial charge in [0.1, 0.15) is 5.82 Å². The van der Waals surface area contributed by atoms with E-state index in [0.29, 0.717) is 24.8 Å². The van der Waals surface area contributed by atoms with E-state index in [-0.39, 0.29) is 11.7 Å². The number of fused-ring (bicyclic) bond motifs is 1. The third-order valence-corrected chi connectivity index (χ3v) is 4.79. The molecule has 4 rings (SSSR count). The van der Waals surface area contributed by atoms with Crippen LogP contribution in [-0.2, 0) is 17.6 Å². The number of hydrogen-bond donors (Lipinski definition) is 1. The highest BCUT2D eigenvalue weighted by atomic mass is 19.1. The zero-order valence-corrected chi connectivity index (χ0v) is 13.4. The second kappa shape index (κ2) is 6.36. The molecular weight excluding hydrogens is 309 g/mol. The van der Waals surface area contributed by atoms with Crippen LogP contribution in [-0.4, -0.2) is 35.4 Å². The first-order valence-corrected chi connectivity index (χ1v) is 8.45. The van der Waals surface area contributed by atoms with E-state index in [9.17, 15) is 9.18 Å². The van der Waals surface area contributed by atoms with Crippen LogP contribution in [0.5, 0.6) is 0 Å². The van der Waals surface area contributed by atoms with E-state index in [1.807, 2.05) is 0 Å². The van der Waals surface area contributed by atoms with Crippen molar-refractivity contribution >= 4 is 5.91 Å². The van der Waals surface area contributed by atoms with Crippen LogP contribution in [0.1, 0.15) is 34.6 Å². The van der Waals surface area contributed by atoms with E-state index < -0.39 is 0 Å². The summed E-state index contributed by atoms with van der Waals surface area (Å²) >= 11 is 0. The Morgan fingerprint density at radius 2 is 2.17 bits per heavy atom. The highest BCUT2D eigenvalue weighted by molar-refractivity contribution is 5.94. The van der Waals surface area contributed by atoms with Gasteiger partial charge in [0.25, 0.3) is 5.91 Å². The van der Waals surface area contributed by atoms with Gasteiger partial charge in [-0.15, -0.1) is 0 Å². The first-order valence-electron chi connectivity index (χ1n) is 8.45. The van der Waals surface area contributed by atoms with Crippen molar-refractivity contribution < 1.29 is 13.9 Å². The molecule has 2 aliphatic rings. The zero-order chi connectivity index (χ0) is 16.5. The number of nitrogens with one attached hydrogen (secondary N) is 1. The van der Waals surface area contributed by atoms with Crippen LogP contribution >= 0.6 is 0 Å². The maximum atomic E-state index is 13.2. The fourth-order valence-corrected chi connectivity index (χ4v) is 3.48. The minimum atomic E-state index is -0.278. The topological polar surface area (TPSA) is 56.1 Å². The fraction of sp³-hybridized carbons (Fsp3) is 0.444. The van der Waals surface area contributed by atoms with Crippen molar-refractivity contribution in [2.24, 2.45) is 5.92 Å². The van der Waals surface area contributed by atoms with E-state index in [4.69, 9.17) is 4.74 Å². The average Bonchev–Trinajstić information content (AvgIpc) is 3.31. The van der Waals surface area contributed by atoms with Gasteiger partial charge in [0.15, 0.2) is 5.69 Å². The Bertz CT molecular complexity index is 748. The second-order valence-corrected chi connectivity index (χ2v) is 6.46. The minimum absolute atomic E-state index is 0.124. The smallest absolute Gasteiger partial charge is 0.272 e. The number of carbonyl (C=O) groups is 1. The number of rotatable bonds is 4. The Hall–Kier alpha value is -2.21. The van der Waals surface area contributed by atoms with E-state index in [0.717, 1.165) is 49.2 Å². The predicted molar refractivity (Wildman–Crippen MR) is 86.8 cm³/mol. The molecule has 0 spiro atoms. The van der Waals surface area contributed by atoms with Crippen LogP contribution in [0.25, 0.3) is 5.69 Å². The van der Waals surface area contributed by atoms with Gasteiger partial charge in [0.2, 0.25) is 0 Å². The first kappa shape index (κ1) is 15.3. The molecule has 2 aromatic rings. The summed E-state index contributed by atoms with van der Waals surface area (Å²) in [5.74, 6) is -0.0126. The maximum absolute atomic E-state index is 13.2. The molecule has 1 saturated heterocycles. The van der Waals surface area contributed by atoms with Crippen molar-refractivity contribution in [1.29, 1.82) is 0 Å². The highest BCUT2D eigenvalue weighted by Crippen LogP contribution is 2.28. The standard InChI is InChI=1S/C18H20FN3O2/c19-13-4-6-14(7-5-13)22-16-3-1-2-15(16)17(21-22)18(23)20-10-12-8-9-24-11-12/h4-7,12H,1-3,8-11H2,(H,20,23). The number of carbonyl (C=O) groups excluding carboxylic acids is 1. The number of halogens is 1. The van der Waals surface area contributed by atoms with E-state index in [2.05, 4.69) is 10.4 Å². The lowest BCUT2D eigenvalue weighted by Crippen LogP contribution is -2.30. The average molecular weight is 329 g/mol. The van der Waals surface area contributed by atoms with Crippen LogP contribution < -0.4 is 5.32 Å². The Morgan fingerprint density at radius 3 is 2.92 bits per heavy atom. The van der Waals surface area contributed by atoms with Crippen LogP contribution in [0.15, 0.2) is 24.3 Å². The zero-order valence-electron chi connectivity index (χ0n) is 13.4. The molecule has 1 amide bonds. The number of amides is 1. The highest BCUT2D eigenvalue weighted by Gasteiger charge is 2.27. The van der Waals surface area contributed by atoms with Crippen molar-refractivity contribution in [3.05, 3.63) is 47.0 Å². The maximum Gasteiger partial charge on any atom is 0.272 e. The third-order valence-electron chi connectivity index (χ3n) is 4.79. The number of hydrogen-bond acceptors (Lipinski definition) is 3. The molecule has 24 heavy (non-hydrogen) atoms. The van der Waals surface area contributed by atoms with E-state index in [1.54, 1.807) is 16.8 Å². The van der Waals surface area contributed by atoms with Crippen molar-refractivity contribution in [3.63, 3.8) is 0 Å². The molecule has 1 N–H and O–H groups in total. The molecule has 0 bridgehead atoms. The third kappa shape index (κ3) is 2.82. The molecule has 1 atom stereocenters. The molecule has 0 saturated carbocycles. The monoisotopic (exact) mass is 329 g/mol. The summed E-state index contributed by atoms with van der Waals surface area (Å²) in [6.45, 7) is 2.11. The molecule has 6 heteroatoms. The SMILES string of the molecule is O=C(NCC1CCOC1)c1nn(-c2ccc(F)cc2)c2c1CCC2. The quantitative estimate of drug-likeness (QED) is 0.936. The van der Waals surface area contributed by atoms with E-state index in [1.165, 1.54) is 12.1 Å². The van der Waals surface area contributed by atoms with Crippen molar-refractivity contribution in [3.8, 4) is 5.69 Å². The van der Waals surface area contributed by atoms with Crippen LogP contribution in [0, 0.1) is 11.7 Å². The van der Waals surface area contributed by atoms with Crippen molar-refractivity contribution in [1.82, 2.24) is 15.1 Å². The van der Waals surface area contributed by atoms with Crippen LogP contribution in [0.3, 0.4) is 0 Å². The molecular formula is C18H20FN3O2. The molecule has 1 aliphatic carbocycles. The summed E-state index contributed by atoms with van der Waals surface area (Å²) in [6, 6.07) is 6.22. The Labute approximate surface area is 139 Å². The molecule has 1 unspecified atom stereocenters. The molecule has 1 aliphatic heterocycles. The molecule has 2 heterocycles. The lowest BCUT2D eigenvalue weighted by Gasteiger charge is -2.08. The summed E-state index contributed by atoms with van der Waals surface area (Å²) in [6.07, 6.45) is 3.77. The predicted octanol–water partition coefficient (Wildman–Crippen LogP) is 2.27. The van der Waals surface area contributed by atoms with Gasteiger partial charge in [0, 0.05) is 30.3 Å². The largest absolute Gasteiger partial charge is 0.381 e. The van der Waals surface area contributed by atoms with Gasteiger partial charge in [-0.2, -0.15) is 5.10 Å². The molecule has 1 aromatic heterocycles. The molecule has 5 nitrogen and oxygen atoms in total. The number of aromatic nitrogens is 2. The number of benzene rings is 1. The van der Waals surface area contributed by atoms with Crippen LogP contribution in [0.2, 0.25) is 0 Å². The molecule has 0 radical (unpaired) electrons. The van der Waals surface area contributed by atoms with Crippen molar-refractivity contribution in [2.75, 3.05) is 19.8 Å². The summed E-state index contributed by atoms with van der Waals surface area (Å²) in [5, 5.41) is 7.52. The van der Waals surface area contributed by atoms with Crippen LogP contribution in [0.4, 0.5) is 4.39 Å². The Morgan fingerprint density at radius 1 is 1.33 bits per heavy atom. The molecule has 1 aromatic carbocycles. The normalized spacial score (nSPS) is 19.5. The Kier molecular flexibility index (Phi) is 4.06. The van der Waals surface area contributed by atoms with Gasteiger partial charge >= 0.3 is 0 Å². The molecule has 126 valence electrons. The summed E-state index contributed by atoms with van der Waals surface area (Å²) < 4.78 is 20.3. The summed E-state index contributed by atoms with van der Waals surface area (Å²) in [5.41, 5.74) is 3.39. The van der Waals surface area contributed by atoms with Gasteiger partial charge in [-0.3, -0.25) is 4.79 Å². The minimum Gasteiger partial charge on any atom is -0.381 e.